The lowest BCUT2D eigenvalue weighted by atomic mass is 9.86. The fourth-order valence-electron chi connectivity index (χ4n) is 4.48. The molecule has 0 saturated heterocycles. The Bertz CT molecular complexity index is 1890. The Morgan fingerprint density at radius 1 is 0.833 bits per heavy atom. The lowest BCUT2D eigenvalue weighted by molar-refractivity contribution is 0.0696. The summed E-state index contributed by atoms with van der Waals surface area (Å²) >= 11 is 17.6. The summed E-state index contributed by atoms with van der Waals surface area (Å²) in [7, 11) is 5.85. The van der Waals surface area contributed by atoms with E-state index in [0.29, 0.717) is 20.3 Å². The number of carboxylic acid groups (broad SMARTS) is 1. The smallest absolute Gasteiger partial charge is 0.335 e. The topological polar surface area (TPSA) is 141 Å². The fraction of sp³-hybridized carbons (Fsp3) is 0.222. The third kappa shape index (κ3) is 5.48. The SMILES string of the molecule is Cn1c(O)c(C(c2cc(Br)c(OCc3ccc(C(=O)O)cc3)c(Br)c2)c2c(O)n(C)c(=S)n(C)c2=O)c(=O)n(C)c1=S. The molecule has 2 aromatic heterocycles. The molecule has 0 atom stereocenters. The molecule has 3 N–H and O–H groups in total. The van der Waals surface area contributed by atoms with Crippen molar-refractivity contribution in [1.82, 2.24) is 18.3 Å². The zero-order valence-corrected chi connectivity index (χ0v) is 27.4. The van der Waals surface area contributed by atoms with Crippen molar-refractivity contribution < 1.29 is 24.9 Å². The molecule has 0 saturated carbocycles. The van der Waals surface area contributed by atoms with Gasteiger partial charge >= 0.3 is 5.97 Å². The van der Waals surface area contributed by atoms with Gasteiger partial charge in [-0.2, -0.15) is 0 Å². The van der Waals surface area contributed by atoms with Gasteiger partial charge in [-0.1, -0.05) is 12.1 Å². The minimum atomic E-state index is -1.27. The van der Waals surface area contributed by atoms with Gasteiger partial charge in [0.1, 0.15) is 12.4 Å². The van der Waals surface area contributed by atoms with E-state index >= 15 is 0 Å². The average molecular weight is 740 g/mol. The van der Waals surface area contributed by atoms with Crippen LogP contribution >= 0.6 is 56.3 Å². The van der Waals surface area contributed by atoms with Crippen LogP contribution in [0.25, 0.3) is 0 Å². The van der Waals surface area contributed by atoms with Crippen molar-refractivity contribution in [2.24, 2.45) is 28.2 Å². The van der Waals surface area contributed by atoms with Crippen LogP contribution < -0.4 is 15.9 Å². The molecule has 220 valence electrons. The molecule has 0 aliphatic carbocycles. The van der Waals surface area contributed by atoms with Gasteiger partial charge in [-0.25, -0.2) is 4.79 Å². The summed E-state index contributed by atoms with van der Waals surface area (Å²) in [6.45, 7) is 0.106. The highest BCUT2D eigenvalue weighted by Gasteiger charge is 2.33. The Kier molecular flexibility index (Phi) is 8.97. The molecule has 0 aliphatic heterocycles. The molecule has 0 unspecified atom stereocenters. The maximum atomic E-state index is 13.6. The van der Waals surface area contributed by atoms with Crippen molar-refractivity contribution in [2.45, 2.75) is 12.5 Å². The van der Waals surface area contributed by atoms with Gasteiger partial charge in [-0.15, -0.1) is 0 Å². The van der Waals surface area contributed by atoms with Gasteiger partial charge in [0.2, 0.25) is 11.8 Å². The lowest BCUT2D eigenvalue weighted by Gasteiger charge is -2.24. The Balaban J connectivity index is 1.94. The predicted octanol–water partition coefficient (Wildman–Crippen LogP) is 4.61. The molecule has 0 radical (unpaired) electrons. The van der Waals surface area contributed by atoms with Gasteiger partial charge in [0.05, 0.1) is 31.6 Å². The molecule has 0 spiro atoms. The highest BCUT2D eigenvalue weighted by molar-refractivity contribution is 9.11. The molecule has 2 aromatic carbocycles. The van der Waals surface area contributed by atoms with E-state index in [2.05, 4.69) is 31.9 Å². The van der Waals surface area contributed by atoms with Crippen molar-refractivity contribution >= 4 is 62.3 Å². The van der Waals surface area contributed by atoms with Crippen LogP contribution in [-0.2, 0) is 34.8 Å². The number of rotatable bonds is 7. The van der Waals surface area contributed by atoms with Crippen LogP contribution in [0.4, 0.5) is 0 Å². The van der Waals surface area contributed by atoms with Crippen LogP contribution in [0.15, 0.2) is 54.9 Å². The number of nitrogens with zero attached hydrogens (tertiary/aromatic N) is 4. The Morgan fingerprint density at radius 3 is 1.67 bits per heavy atom. The normalized spacial score (nSPS) is 11.2. The second-order valence-electron chi connectivity index (χ2n) is 9.42. The third-order valence-corrected chi connectivity index (χ3v) is 9.12. The number of benzene rings is 2. The van der Waals surface area contributed by atoms with Crippen molar-refractivity contribution in [2.75, 3.05) is 0 Å². The first-order valence-electron chi connectivity index (χ1n) is 12.1. The van der Waals surface area contributed by atoms with E-state index in [0.717, 1.165) is 14.7 Å². The average Bonchev–Trinajstić information content (AvgIpc) is 2.96. The van der Waals surface area contributed by atoms with E-state index in [-0.39, 0.29) is 32.8 Å². The second kappa shape index (κ2) is 12.0. The van der Waals surface area contributed by atoms with Crippen molar-refractivity contribution in [3.8, 4) is 17.5 Å². The van der Waals surface area contributed by atoms with E-state index in [1.54, 1.807) is 24.3 Å². The number of carboxylic acids is 1. The number of carbonyl (C=O) groups is 1. The molecule has 42 heavy (non-hydrogen) atoms. The summed E-state index contributed by atoms with van der Waals surface area (Å²) in [6.07, 6.45) is 0. The van der Waals surface area contributed by atoms with E-state index in [4.69, 9.17) is 34.3 Å². The molecule has 4 rings (SSSR count). The highest BCUT2D eigenvalue weighted by atomic mass is 79.9. The Hall–Kier alpha value is -3.53. The number of hydrogen-bond donors (Lipinski definition) is 3. The minimum Gasteiger partial charge on any atom is -0.494 e. The first kappa shape index (κ1) is 31.4. The van der Waals surface area contributed by atoms with Crippen LogP contribution in [0.1, 0.15) is 38.5 Å². The summed E-state index contributed by atoms with van der Waals surface area (Å²) in [4.78, 5) is 38.3. The van der Waals surface area contributed by atoms with Crippen LogP contribution in [0.5, 0.6) is 17.5 Å². The molecular weight excluding hydrogens is 716 g/mol. The molecule has 4 aromatic rings. The van der Waals surface area contributed by atoms with Gasteiger partial charge in [-0.3, -0.25) is 27.9 Å². The number of hydrogen-bond acceptors (Lipinski definition) is 8. The maximum Gasteiger partial charge on any atom is 0.335 e. The summed E-state index contributed by atoms with van der Waals surface area (Å²) in [6, 6.07) is 9.44. The van der Waals surface area contributed by atoms with Crippen LogP contribution in [0.2, 0.25) is 0 Å². The molecule has 0 fully saturated rings. The Morgan fingerprint density at radius 2 is 1.26 bits per heavy atom. The molecule has 15 heteroatoms. The number of aromatic carboxylic acids is 1. The molecule has 0 amide bonds. The predicted molar refractivity (Wildman–Crippen MR) is 167 cm³/mol. The van der Waals surface area contributed by atoms with Gasteiger partial charge in [0, 0.05) is 28.2 Å². The molecule has 0 aliphatic rings. The largest absolute Gasteiger partial charge is 0.494 e. The summed E-state index contributed by atoms with van der Waals surface area (Å²) < 4.78 is 11.8. The minimum absolute atomic E-state index is 0.0473. The first-order chi connectivity index (χ1) is 19.7. The summed E-state index contributed by atoms with van der Waals surface area (Å²) in [5, 5.41) is 31.5. The van der Waals surface area contributed by atoms with E-state index in [1.165, 1.54) is 49.5 Å². The van der Waals surface area contributed by atoms with E-state index in [1.807, 2.05) is 0 Å². The Labute approximate surface area is 265 Å². The van der Waals surface area contributed by atoms with Gasteiger partial charge in [-0.05, 0) is 91.7 Å². The quantitative estimate of drug-likeness (QED) is 0.232. The van der Waals surface area contributed by atoms with Crippen molar-refractivity contribution in [3.63, 3.8) is 0 Å². The second-order valence-corrected chi connectivity index (χ2v) is 11.9. The zero-order valence-electron chi connectivity index (χ0n) is 22.6. The number of aromatic hydroxyl groups is 2. The standard InChI is InChI=1S/C27H24Br2N4O7S2/c1-30-21(34)18(22(35)31(2)26(30)41)17(19-23(36)32(3)27(42)33(4)24(19)37)14-9-15(28)20(16(29)10-14)40-11-12-5-7-13(8-6-12)25(38)39/h5-10,17,34,36H,11H2,1-4H3,(H,38,39). The van der Waals surface area contributed by atoms with Crippen molar-refractivity contribution in [3.05, 3.63) is 103 Å². The summed E-state index contributed by atoms with van der Waals surface area (Å²) in [5.74, 6) is -2.87. The van der Waals surface area contributed by atoms with Crippen molar-refractivity contribution in [1.29, 1.82) is 0 Å². The monoisotopic (exact) mass is 738 g/mol. The third-order valence-electron chi connectivity index (χ3n) is 6.85. The van der Waals surface area contributed by atoms with Crippen LogP contribution in [0, 0.1) is 9.54 Å². The van der Waals surface area contributed by atoms with Gasteiger partial charge in [0.15, 0.2) is 9.54 Å². The number of halogens is 2. The van der Waals surface area contributed by atoms with E-state index in [9.17, 15) is 24.6 Å². The number of aromatic nitrogens is 4. The number of ether oxygens (including phenoxy) is 1. The van der Waals surface area contributed by atoms with Crippen LogP contribution in [-0.4, -0.2) is 39.6 Å². The molecular formula is C27H24Br2N4O7S2. The van der Waals surface area contributed by atoms with Gasteiger partial charge in [0.25, 0.3) is 11.1 Å². The molecule has 0 bridgehead atoms. The molecule has 2 heterocycles. The zero-order chi connectivity index (χ0) is 31.2. The van der Waals surface area contributed by atoms with Gasteiger partial charge < -0.3 is 20.1 Å². The summed E-state index contributed by atoms with van der Waals surface area (Å²) in [5.41, 5.74) is -0.492. The fourth-order valence-corrected chi connectivity index (χ4v) is 6.27. The molecule has 11 nitrogen and oxygen atoms in total. The van der Waals surface area contributed by atoms with E-state index < -0.39 is 34.8 Å². The first-order valence-corrected chi connectivity index (χ1v) is 14.5. The lowest BCUT2D eigenvalue weighted by Crippen LogP contribution is -2.33. The van der Waals surface area contributed by atoms with Crippen LogP contribution in [0.3, 0.4) is 0 Å². The maximum absolute atomic E-state index is 13.6. The highest BCUT2D eigenvalue weighted by Crippen LogP contribution is 2.42.